The molecule has 0 bridgehead atoms. The standard InChI is InChI=1S/C58H47NOS/c1-4-19-52(42-34-32-40(33-35-42)39-20-9-6-10-21-39)59-56(43-24-13-8-14-25-43)45(5-2)38(3)46-27-17-29-48-49-30-18-28-47(58(49)60-57(46)48)44-36-51(41-22-11-7-12-23-41)55-50-26-15-16-31-53(50)61-54(55)37-44/h6-18,20-37,52H,4-5,19H2,1-3H3/b45-38+,59-56-. The molecule has 0 aliphatic heterocycles. The number of para-hydroxylation sites is 2. The maximum absolute atomic E-state index is 7.15. The fourth-order valence-electron chi connectivity index (χ4n) is 9.16. The SMILES string of the molecule is CCCC(/N=C(\C(CC)=C(/C)c1cccc2c1oc1c(-c3cc(-c4ccccc4)c4c(c3)sc3ccccc34)cccc12)c1ccccc1)c1ccc(-c2ccccc2)cc1. The molecule has 0 saturated heterocycles. The van der Waals surface area contributed by atoms with Crippen molar-refractivity contribution >= 4 is 64.7 Å². The Bertz CT molecular complexity index is 3220. The largest absolute Gasteiger partial charge is 0.455 e. The van der Waals surface area contributed by atoms with Gasteiger partial charge in [0.15, 0.2) is 0 Å². The van der Waals surface area contributed by atoms with Crippen LogP contribution in [-0.2, 0) is 0 Å². The fraction of sp³-hybridized carbons (Fsp3) is 0.121. The number of rotatable bonds is 11. The Kier molecular flexibility index (Phi) is 10.5. The van der Waals surface area contributed by atoms with Crippen molar-refractivity contribution in [3.8, 4) is 33.4 Å². The second-order valence-corrected chi connectivity index (χ2v) is 17.0. The van der Waals surface area contributed by atoms with E-state index >= 15 is 0 Å². The maximum Gasteiger partial charge on any atom is 0.143 e. The van der Waals surface area contributed by atoms with Crippen LogP contribution in [0.2, 0.25) is 0 Å². The summed E-state index contributed by atoms with van der Waals surface area (Å²) in [6.45, 7) is 6.77. The summed E-state index contributed by atoms with van der Waals surface area (Å²) in [6, 6.07) is 67.9. The predicted octanol–water partition coefficient (Wildman–Crippen LogP) is 17.2. The molecule has 8 aromatic carbocycles. The predicted molar refractivity (Wildman–Crippen MR) is 263 cm³/mol. The molecule has 0 aliphatic rings. The first-order valence-electron chi connectivity index (χ1n) is 21.5. The highest BCUT2D eigenvalue weighted by Gasteiger charge is 2.22. The van der Waals surface area contributed by atoms with Crippen LogP contribution in [0, 0.1) is 0 Å². The van der Waals surface area contributed by atoms with Crippen molar-refractivity contribution in [2.45, 2.75) is 46.1 Å². The van der Waals surface area contributed by atoms with Gasteiger partial charge in [0.1, 0.15) is 11.2 Å². The highest BCUT2D eigenvalue weighted by Crippen LogP contribution is 2.45. The van der Waals surface area contributed by atoms with E-state index < -0.39 is 0 Å². The first-order valence-corrected chi connectivity index (χ1v) is 22.4. The molecule has 10 aromatic rings. The highest BCUT2D eigenvalue weighted by molar-refractivity contribution is 7.26. The third kappa shape index (κ3) is 7.19. The fourth-order valence-corrected chi connectivity index (χ4v) is 10.3. The molecule has 0 spiro atoms. The number of benzene rings is 8. The zero-order valence-electron chi connectivity index (χ0n) is 34.9. The average Bonchev–Trinajstić information content (AvgIpc) is 3.90. The lowest BCUT2D eigenvalue weighted by atomic mass is 9.90. The van der Waals surface area contributed by atoms with E-state index in [0.29, 0.717) is 0 Å². The van der Waals surface area contributed by atoms with Crippen LogP contribution >= 0.6 is 11.3 Å². The van der Waals surface area contributed by atoms with Gasteiger partial charge in [-0.25, -0.2) is 0 Å². The number of hydrogen-bond acceptors (Lipinski definition) is 3. The Morgan fingerprint density at radius 3 is 1.89 bits per heavy atom. The van der Waals surface area contributed by atoms with Gasteiger partial charge in [-0.15, -0.1) is 11.3 Å². The summed E-state index contributed by atoms with van der Waals surface area (Å²) in [4.78, 5) is 5.71. The van der Waals surface area contributed by atoms with Gasteiger partial charge < -0.3 is 4.42 Å². The number of hydrogen-bond donors (Lipinski definition) is 0. The van der Waals surface area contributed by atoms with Crippen LogP contribution in [0.5, 0.6) is 0 Å². The Hall–Kier alpha value is -6.81. The van der Waals surface area contributed by atoms with Gasteiger partial charge in [-0.05, 0) is 88.1 Å². The maximum atomic E-state index is 7.15. The molecule has 3 heteroatoms. The molecular weight excluding hydrogens is 759 g/mol. The average molecular weight is 806 g/mol. The van der Waals surface area contributed by atoms with Gasteiger partial charge in [0.25, 0.3) is 0 Å². The summed E-state index contributed by atoms with van der Waals surface area (Å²) >= 11 is 1.86. The Balaban J connectivity index is 1.12. The molecule has 61 heavy (non-hydrogen) atoms. The lowest BCUT2D eigenvalue weighted by Gasteiger charge is -2.20. The van der Waals surface area contributed by atoms with Crippen molar-refractivity contribution in [1.82, 2.24) is 0 Å². The Morgan fingerprint density at radius 1 is 0.541 bits per heavy atom. The number of nitrogens with zero attached hydrogens (tertiary/aromatic N) is 1. The zero-order chi connectivity index (χ0) is 41.3. The molecule has 2 aromatic heterocycles. The molecular formula is C58H47NOS. The van der Waals surface area contributed by atoms with Gasteiger partial charge in [-0.2, -0.15) is 0 Å². The van der Waals surface area contributed by atoms with E-state index in [-0.39, 0.29) is 6.04 Å². The molecule has 0 fully saturated rings. The summed E-state index contributed by atoms with van der Waals surface area (Å²) in [5, 5.41) is 4.85. The molecule has 2 heterocycles. The van der Waals surface area contributed by atoms with Gasteiger partial charge in [0.2, 0.25) is 0 Å². The van der Waals surface area contributed by atoms with E-state index in [0.717, 1.165) is 69.2 Å². The minimum atomic E-state index is 0.0167. The second-order valence-electron chi connectivity index (χ2n) is 15.9. The van der Waals surface area contributed by atoms with E-state index in [2.05, 4.69) is 209 Å². The number of aliphatic imine (C=N–C) groups is 1. The van der Waals surface area contributed by atoms with Crippen molar-refractivity contribution in [3.63, 3.8) is 0 Å². The first kappa shape index (κ1) is 38.4. The van der Waals surface area contributed by atoms with Crippen molar-refractivity contribution in [3.05, 3.63) is 210 Å². The van der Waals surface area contributed by atoms with Crippen LogP contribution in [0.4, 0.5) is 0 Å². The van der Waals surface area contributed by atoms with Crippen LogP contribution in [0.1, 0.15) is 62.8 Å². The van der Waals surface area contributed by atoms with Crippen LogP contribution in [0.3, 0.4) is 0 Å². The lowest BCUT2D eigenvalue weighted by molar-refractivity contribution is 0.641. The zero-order valence-corrected chi connectivity index (χ0v) is 35.7. The van der Waals surface area contributed by atoms with E-state index in [9.17, 15) is 0 Å². The summed E-state index contributed by atoms with van der Waals surface area (Å²) in [5.41, 5.74) is 15.9. The van der Waals surface area contributed by atoms with Crippen LogP contribution in [0.15, 0.2) is 203 Å². The first-order chi connectivity index (χ1) is 30.1. The monoisotopic (exact) mass is 805 g/mol. The van der Waals surface area contributed by atoms with Crippen molar-refractivity contribution < 1.29 is 4.42 Å². The summed E-state index contributed by atoms with van der Waals surface area (Å²) in [6.07, 6.45) is 2.81. The smallest absolute Gasteiger partial charge is 0.143 e. The third-order valence-electron chi connectivity index (χ3n) is 12.2. The molecule has 0 saturated carbocycles. The molecule has 0 amide bonds. The number of allylic oxidation sites excluding steroid dienone is 2. The topological polar surface area (TPSA) is 25.5 Å². The lowest BCUT2D eigenvalue weighted by Crippen LogP contribution is -2.10. The molecule has 0 aliphatic carbocycles. The quantitative estimate of drug-likeness (QED) is 0.120. The summed E-state index contributed by atoms with van der Waals surface area (Å²) in [7, 11) is 0. The van der Waals surface area contributed by atoms with Gasteiger partial charge in [0.05, 0.1) is 11.8 Å². The van der Waals surface area contributed by atoms with Crippen molar-refractivity contribution in [2.75, 3.05) is 0 Å². The van der Waals surface area contributed by atoms with Crippen LogP contribution in [0.25, 0.3) is 81.1 Å². The van der Waals surface area contributed by atoms with Gasteiger partial charge >= 0.3 is 0 Å². The molecule has 0 radical (unpaired) electrons. The molecule has 1 unspecified atom stereocenters. The normalized spacial score (nSPS) is 13.0. The Morgan fingerprint density at radius 2 is 1.16 bits per heavy atom. The van der Waals surface area contributed by atoms with E-state index in [4.69, 9.17) is 9.41 Å². The minimum absolute atomic E-state index is 0.0167. The van der Waals surface area contributed by atoms with E-state index in [1.165, 1.54) is 59.1 Å². The minimum Gasteiger partial charge on any atom is -0.455 e. The second kappa shape index (κ2) is 16.7. The molecule has 1 atom stereocenters. The molecule has 0 N–H and O–H groups in total. The van der Waals surface area contributed by atoms with Crippen LogP contribution < -0.4 is 0 Å². The van der Waals surface area contributed by atoms with E-state index in [1.54, 1.807) is 0 Å². The number of fused-ring (bicyclic) bond motifs is 6. The van der Waals surface area contributed by atoms with Crippen molar-refractivity contribution in [1.29, 1.82) is 0 Å². The van der Waals surface area contributed by atoms with Crippen LogP contribution in [-0.4, -0.2) is 5.71 Å². The Labute approximate surface area is 362 Å². The summed E-state index contributed by atoms with van der Waals surface area (Å²) in [5.74, 6) is 0. The molecule has 2 nitrogen and oxygen atoms in total. The van der Waals surface area contributed by atoms with Gasteiger partial charge in [-0.1, -0.05) is 190 Å². The van der Waals surface area contributed by atoms with Crippen molar-refractivity contribution in [2.24, 2.45) is 4.99 Å². The molecule has 296 valence electrons. The van der Waals surface area contributed by atoms with Gasteiger partial charge in [0, 0.05) is 42.1 Å². The number of thiophene rings is 1. The third-order valence-corrected chi connectivity index (χ3v) is 13.3. The highest BCUT2D eigenvalue weighted by atomic mass is 32.1. The molecule has 10 rings (SSSR count). The number of furan rings is 1. The van der Waals surface area contributed by atoms with E-state index in [1.807, 2.05) is 11.3 Å². The van der Waals surface area contributed by atoms with Gasteiger partial charge in [-0.3, -0.25) is 4.99 Å². The summed E-state index contributed by atoms with van der Waals surface area (Å²) < 4.78 is 9.73.